The number of carbonyl (C=O) groups is 3. The van der Waals surface area contributed by atoms with Gasteiger partial charge < -0.3 is 19.7 Å². The van der Waals surface area contributed by atoms with Crippen molar-refractivity contribution < 1.29 is 23.9 Å². The molecule has 1 aromatic rings. The molecule has 182 valence electrons. The molecule has 0 bridgehead atoms. The van der Waals surface area contributed by atoms with Gasteiger partial charge in [0, 0.05) is 6.54 Å². The van der Waals surface area contributed by atoms with Crippen molar-refractivity contribution in [2.24, 2.45) is 10.8 Å². The summed E-state index contributed by atoms with van der Waals surface area (Å²) in [6.07, 6.45) is 2.99. The number of amides is 2. The van der Waals surface area contributed by atoms with Gasteiger partial charge in [-0.1, -0.05) is 51.1 Å². The van der Waals surface area contributed by atoms with Crippen LogP contribution >= 0.6 is 0 Å². The van der Waals surface area contributed by atoms with Crippen molar-refractivity contribution in [3.63, 3.8) is 0 Å². The number of piperidine rings is 1. The zero-order valence-corrected chi connectivity index (χ0v) is 20.8. The van der Waals surface area contributed by atoms with E-state index in [-0.39, 0.29) is 23.9 Å². The molecule has 1 aliphatic carbocycles. The first-order valence-corrected chi connectivity index (χ1v) is 11.8. The molecule has 33 heavy (non-hydrogen) atoms. The molecule has 1 N–H and O–H groups in total. The number of nitrogens with one attached hydrogen (secondary N) is 1. The number of likely N-dealkylation sites (tertiary alicyclic amines) is 1. The number of hydrogen-bond donors (Lipinski definition) is 1. The fraction of sp³-hybridized carbons (Fsp3) is 0.654. The lowest BCUT2D eigenvalue weighted by Gasteiger charge is -2.42. The average molecular weight is 459 g/mol. The maximum absolute atomic E-state index is 13.7. The summed E-state index contributed by atoms with van der Waals surface area (Å²) in [4.78, 5) is 41.0. The van der Waals surface area contributed by atoms with Crippen molar-refractivity contribution in [3.8, 4) is 0 Å². The quantitative estimate of drug-likeness (QED) is 0.660. The standard InChI is InChI=1S/C26H38N2O5/c1-24(2,3)20(27-23(31)33-25(4,5)6)21(29)28-15-14-26(12-13-26)16-19(28)22(30)32-17-18-10-8-7-9-11-18/h7-11,19-20H,12-17H2,1-6H3,(H,27,31)/t19-,20+/m0/s1. The van der Waals surface area contributed by atoms with Crippen LogP contribution in [0.4, 0.5) is 4.79 Å². The third-order valence-corrected chi connectivity index (χ3v) is 6.40. The van der Waals surface area contributed by atoms with E-state index in [4.69, 9.17) is 9.47 Å². The lowest BCUT2D eigenvalue weighted by atomic mass is 9.83. The van der Waals surface area contributed by atoms with Crippen molar-refractivity contribution in [1.29, 1.82) is 0 Å². The molecule has 2 fully saturated rings. The fourth-order valence-electron chi connectivity index (χ4n) is 4.31. The highest BCUT2D eigenvalue weighted by atomic mass is 16.6. The number of rotatable bonds is 5. The van der Waals surface area contributed by atoms with E-state index in [2.05, 4.69) is 5.32 Å². The molecular formula is C26H38N2O5. The third-order valence-electron chi connectivity index (χ3n) is 6.40. The second kappa shape index (κ2) is 9.35. The highest BCUT2D eigenvalue weighted by Crippen LogP contribution is 2.55. The van der Waals surface area contributed by atoms with E-state index >= 15 is 0 Å². The Labute approximate surface area is 197 Å². The van der Waals surface area contributed by atoms with Gasteiger partial charge in [0.2, 0.25) is 5.91 Å². The van der Waals surface area contributed by atoms with Crippen LogP contribution in [-0.2, 0) is 25.7 Å². The van der Waals surface area contributed by atoms with Crippen molar-refractivity contribution in [1.82, 2.24) is 10.2 Å². The van der Waals surface area contributed by atoms with Crippen LogP contribution in [-0.4, -0.2) is 47.1 Å². The minimum Gasteiger partial charge on any atom is -0.459 e. The molecule has 0 unspecified atom stereocenters. The molecule has 0 aromatic heterocycles. The first-order valence-electron chi connectivity index (χ1n) is 11.8. The Balaban J connectivity index is 1.76. The Bertz CT molecular complexity index is 865. The third kappa shape index (κ3) is 6.71. The zero-order valence-electron chi connectivity index (χ0n) is 20.8. The number of hydrogen-bond acceptors (Lipinski definition) is 5. The summed E-state index contributed by atoms with van der Waals surface area (Å²) >= 11 is 0. The number of esters is 1. The van der Waals surface area contributed by atoms with E-state index in [1.165, 1.54) is 0 Å². The normalized spacial score (nSPS) is 20.7. The fourth-order valence-corrected chi connectivity index (χ4v) is 4.31. The van der Waals surface area contributed by atoms with Crippen molar-refractivity contribution >= 4 is 18.0 Å². The molecule has 7 nitrogen and oxygen atoms in total. The summed E-state index contributed by atoms with van der Waals surface area (Å²) in [5.41, 5.74) is -0.201. The Hall–Kier alpha value is -2.57. The van der Waals surface area contributed by atoms with E-state index in [0.29, 0.717) is 13.0 Å². The summed E-state index contributed by atoms with van der Waals surface area (Å²) in [7, 11) is 0. The monoisotopic (exact) mass is 458 g/mol. The second-order valence-corrected chi connectivity index (χ2v) is 11.5. The van der Waals surface area contributed by atoms with Crippen LogP contribution < -0.4 is 5.32 Å². The first kappa shape index (κ1) is 25.1. The Morgan fingerprint density at radius 1 is 1.06 bits per heavy atom. The van der Waals surface area contributed by atoms with Crippen LogP contribution in [0.3, 0.4) is 0 Å². The predicted octanol–water partition coefficient (Wildman–Crippen LogP) is 4.44. The van der Waals surface area contributed by atoms with Gasteiger partial charge in [0.15, 0.2) is 0 Å². The van der Waals surface area contributed by atoms with Gasteiger partial charge in [-0.05, 0) is 62.8 Å². The van der Waals surface area contributed by atoms with Gasteiger partial charge in [-0.3, -0.25) is 4.79 Å². The number of nitrogens with zero attached hydrogens (tertiary/aromatic N) is 1. The molecular weight excluding hydrogens is 420 g/mol. The molecule has 0 radical (unpaired) electrons. The van der Waals surface area contributed by atoms with Gasteiger partial charge in [-0.2, -0.15) is 0 Å². The van der Waals surface area contributed by atoms with Crippen molar-refractivity contribution in [2.75, 3.05) is 6.54 Å². The van der Waals surface area contributed by atoms with E-state index in [1.807, 2.05) is 51.1 Å². The van der Waals surface area contributed by atoms with E-state index in [0.717, 1.165) is 24.8 Å². The van der Waals surface area contributed by atoms with Gasteiger partial charge >= 0.3 is 12.1 Å². The summed E-state index contributed by atoms with van der Waals surface area (Å²) < 4.78 is 11.0. The van der Waals surface area contributed by atoms with Crippen molar-refractivity contribution in [2.45, 2.75) is 91.5 Å². The minimum absolute atomic E-state index is 0.142. The second-order valence-electron chi connectivity index (χ2n) is 11.5. The summed E-state index contributed by atoms with van der Waals surface area (Å²) in [6.45, 7) is 11.7. The maximum atomic E-state index is 13.7. The van der Waals surface area contributed by atoms with Crippen LogP contribution in [0, 0.1) is 10.8 Å². The lowest BCUT2D eigenvalue weighted by molar-refractivity contribution is -0.161. The number of benzene rings is 1. The molecule has 2 atom stereocenters. The zero-order chi connectivity index (χ0) is 24.4. The number of carbonyl (C=O) groups excluding carboxylic acids is 3. The minimum atomic E-state index is -0.829. The van der Waals surface area contributed by atoms with Crippen LogP contribution in [0.1, 0.15) is 72.8 Å². The topological polar surface area (TPSA) is 84.9 Å². The SMILES string of the molecule is CC(C)(C)OC(=O)N[C@H](C(=O)N1CCC2(CC2)C[C@H]1C(=O)OCc1ccccc1)C(C)(C)C. The van der Waals surface area contributed by atoms with Crippen LogP contribution in [0.15, 0.2) is 30.3 Å². The van der Waals surface area contributed by atoms with Gasteiger partial charge in [-0.25, -0.2) is 9.59 Å². The summed E-state index contributed by atoms with van der Waals surface area (Å²) in [5.74, 6) is -0.659. The molecule has 2 amide bonds. The molecule has 1 saturated heterocycles. The van der Waals surface area contributed by atoms with Gasteiger partial charge in [0.05, 0.1) is 0 Å². The highest BCUT2D eigenvalue weighted by molar-refractivity contribution is 5.90. The largest absolute Gasteiger partial charge is 0.459 e. The molecule has 3 rings (SSSR count). The summed E-state index contributed by atoms with van der Waals surface area (Å²) in [5, 5.41) is 2.76. The van der Waals surface area contributed by atoms with Crippen LogP contribution in [0.2, 0.25) is 0 Å². The van der Waals surface area contributed by atoms with Gasteiger partial charge in [-0.15, -0.1) is 0 Å². The summed E-state index contributed by atoms with van der Waals surface area (Å²) in [6, 6.07) is 8.03. The van der Waals surface area contributed by atoms with E-state index < -0.39 is 29.2 Å². The van der Waals surface area contributed by atoms with E-state index in [9.17, 15) is 14.4 Å². The van der Waals surface area contributed by atoms with Crippen LogP contribution in [0.25, 0.3) is 0 Å². The van der Waals surface area contributed by atoms with E-state index in [1.54, 1.807) is 25.7 Å². The van der Waals surface area contributed by atoms with Crippen molar-refractivity contribution in [3.05, 3.63) is 35.9 Å². The maximum Gasteiger partial charge on any atom is 0.408 e. The average Bonchev–Trinajstić information content (AvgIpc) is 3.47. The Kier molecular flexibility index (Phi) is 7.10. The molecule has 1 aliphatic heterocycles. The molecule has 1 aromatic carbocycles. The van der Waals surface area contributed by atoms with Crippen LogP contribution in [0.5, 0.6) is 0 Å². The molecule has 1 heterocycles. The lowest BCUT2D eigenvalue weighted by Crippen LogP contribution is -2.60. The Morgan fingerprint density at radius 2 is 1.70 bits per heavy atom. The Morgan fingerprint density at radius 3 is 2.24 bits per heavy atom. The molecule has 7 heteroatoms. The number of ether oxygens (including phenoxy) is 2. The number of alkyl carbamates (subject to hydrolysis) is 1. The van der Waals surface area contributed by atoms with Gasteiger partial charge in [0.25, 0.3) is 0 Å². The van der Waals surface area contributed by atoms with Gasteiger partial charge in [0.1, 0.15) is 24.3 Å². The molecule has 1 spiro atoms. The molecule has 2 aliphatic rings. The molecule has 1 saturated carbocycles. The smallest absolute Gasteiger partial charge is 0.408 e. The predicted molar refractivity (Wildman–Crippen MR) is 125 cm³/mol. The highest BCUT2D eigenvalue weighted by Gasteiger charge is 2.53. The first-order chi connectivity index (χ1) is 15.3.